The van der Waals surface area contributed by atoms with Crippen molar-refractivity contribution in [3.63, 3.8) is 0 Å². The molecule has 0 bridgehead atoms. The van der Waals surface area contributed by atoms with Crippen molar-refractivity contribution in [3.05, 3.63) is 35.4 Å². The lowest BCUT2D eigenvalue weighted by molar-refractivity contribution is -0.121. The van der Waals surface area contributed by atoms with Crippen molar-refractivity contribution in [1.82, 2.24) is 15.5 Å². The first kappa shape index (κ1) is 17.2. The number of nitrogens with one attached hydrogen (secondary N) is 2. The number of carbonyl (C=O) groups is 2. The van der Waals surface area contributed by atoms with Gasteiger partial charge in [-0.05, 0) is 45.9 Å². The van der Waals surface area contributed by atoms with Gasteiger partial charge in [0.1, 0.15) is 0 Å². The molecule has 0 radical (unpaired) electrons. The van der Waals surface area contributed by atoms with Crippen molar-refractivity contribution in [3.8, 4) is 0 Å². The largest absolute Gasteiger partial charge is 0.333 e. The number of rotatable bonds is 4. The molecule has 0 unspecified atom stereocenters. The zero-order valence-electron chi connectivity index (χ0n) is 13.5. The monoisotopic (exact) mass is 291 g/mol. The summed E-state index contributed by atoms with van der Waals surface area (Å²) in [4.78, 5) is 25.3. The van der Waals surface area contributed by atoms with Crippen molar-refractivity contribution in [2.24, 2.45) is 0 Å². The quantitative estimate of drug-likeness (QED) is 0.892. The Hall–Kier alpha value is -1.88. The van der Waals surface area contributed by atoms with Crippen LogP contribution in [-0.4, -0.2) is 36.0 Å². The topological polar surface area (TPSA) is 61.4 Å². The van der Waals surface area contributed by atoms with Crippen LogP contribution in [0.2, 0.25) is 0 Å². The number of hydrogen-bond acceptors (Lipinski definition) is 3. The lowest BCUT2D eigenvalue weighted by Gasteiger charge is -2.21. The molecular weight excluding hydrogens is 266 g/mol. The first-order chi connectivity index (χ1) is 9.67. The highest BCUT2D eigenvalue weighted by Gasteiger charge is 2.16. The van der Waals surface area contributed by atoms with E-state index in [0.29, 0.717) is 6.54 Å². The standard InChI is InChI=1S/C16H25N3O2/c1-12-8-6-7-9-13(12)10-19(5)11-14(20)17-15(21)18-16(2,3)4/h6-9H,10-11H2,1-5H3,(H2,17,18,20,21). The number of likely N-dealkylation sites (N-methyl/N-ethyl adjacent to an activating group) is 1. The molecule has 0 atom stereocenters. The van der Waals surface area contributed by atoms with Crippen LogP contribution in [0.1, 0.15) is 31.9 Å². The normalized spacial score (nSPS) is 11.3. The number of aryl methyl sites for hydroxylation is 1. The maximum absolute atomic E-state index is 11.8. The molecule has 0 aromatic heterocycles. The van der Waals surface area contributed by atoms with Crippen LogP contribution in [0.15, 0.2) is 24.3 Å². The van der Waals surface area contributed by atoms with Gasteiger partial charge in [0.05, 0.1) is 6.54 Å². The fourth-order valence-corrected chi connectivity index (χ4v) is 1.92. The van der Waals surface area contributed by atoms with Crippen LogP contribution in [0.4, 0.5) is 4.79 Å². The third-order valence-corrected chi connectivity index (χ3v) is 2.86. The van der Waals surface area contributed by atoms with E-state index >= 15 is 0 Å². The van der Waals surface area contributed by atoms with Crippen LogP contribution >= 0.6 is 0 Å². The van der Waals surface area contributed by atoms with Crippen molar-refractivity contribution < 1.29 is 9.59 Å². The van der Waals surface area contributed by atoms with Crippen molar-refractivity contribution >= 4 is 11.9 Å². The maximum atomic E-state index is 11.8. The summed E-state index contributed by atoms with van der Waals surface area (Å²) < 4.78 is 0. The molecule has 1 aromatic carbocycles. The molecule has 0 aliphatic heterocycles. The Labute approximate surface area is 126 Å². The minimum Gasteiger partial charge on any atom is -0.333 e. The molecule has 1 rings (SSSR count). The molecule has 116 valence electrons. The van der Waals surface area contributed by atoms with Gasteiger partial charge < -0.3 is 5.32 Å². The van der Waals surface area contributed by atoms with E-state index in [2.05, 4.69) is 10.6 Å². The zero-order chi connectivity index (χ0) is 16.0. The van der Waals surface area contributed by atoms with Gasteiger partial charge in [0, 0.05) is 12.1 Å². The second-order valence-electron chi connectivity index (χ2n) is 6.35. The number of imide groups is 1. The van der Waals surface area contributed by atoms with Crippen molar-refractivity contribution in [2.45, 2.75) is 39.8 Å². The van der Waals surface area contributed by atoms with Gasteiger partial charge in [-0.1, -0.05) is 24.3 Å². The van der Waals surface area contributed by atoms with E-state index < -0.39 is 6.03 Å². The van der Waals surface area contributed by atoms with Gasteiger partial charge in [0.2, 0.25) is 5.91 Å². The molecule has 0 heterocycles. The van der Waals surface area contributed by atoms with Gasteiger partial charge in [0.25, 0.3) is 0 Å². The molecule has 0 saturated carbocycles. The minimum atomic E-state index is -0.461. The van der Waals surface area contributed by atoms with Crippen LogP contribution in [0.25, 0.3) is 0 Å². The third kappa shape index (κ3) is 6.90. The van der Waals surface area contributed by atoms with E-state index in [1.54, 1.807) is 0 Å². The molecule has 0 spiro atoms. The smallest absolute Gasteiger partial charge is 0.321 e. The van der Waals surface area contributed by atoms with Crippen molar-refractivity contribution in [1.29, 1.82) is 0 Å². The first-order valence-electron chi connectivity index (χ1n) is 7.02. The van der Waals surface area contributed by atoms with E-state index in [9.17, 15) is 9.59 Å². The molecule has 0 aliphatic carbocycles. The average Bonchev–Trinajstić information content (AvgIpc) is 2.28. The maximum Gasteiger partial charge on any atom is 0.321 e. The van der Waals surface area contributed by atoms with E-state index in [4.69, 9.17) is 0 Å². The van der Waals surface area contributed by atoms with Gasteiger partial charge >= 0.3 is 6.03 Å². The zero-order valence-corrected chi connectivity index (χ0v) is 13.5. The minimum absolute atomic E-state index is 0.173. The molecule has 0 saturated heterocycles. The van der Waals surface area contributed by atoms with Crippen LogP contribution in [0.5, 0.6) is 0 Å². The predicted octanol–water partition coefficient (Wildman–Crippen LogP) is 2.05. The van der Waals surface area contributed by atoms with Crippen LogP contribution < -0.4 is 10.6 Å². The number of carbonyl (C=O) groups excluding carboxylic acids is 2. The fraction of sp³-hybridized carbons (Fsp3) is 0.500. The molecule has 3 amide bonds. The molecule has 0 fully saturated rings. The highest BCUT2D eigenvalue weighted by Crippen LogP contribution is 2.09. The van der Waals surface area contributed by atoms with Gasteiger partial charge in [-0.2, -0.15) is 0 Å². The van der Waals surface area contributed by atoms with Gasteiger partial charge in [-0.3, -0.25) is 15.0 Å². The number of nitrogens with zero attached hydrogens (tertiary/aromatic N) is 1. The highest BCUT2D eigenvalue weighted by molar-refractivity contribution is 5.95. The molecule has 5 heteroatoms. The summed E-state index contributed by atoms with van der Waals surface area (Å²) in [6.07, 6.45) is 0. The number of hydrogen-bond donors (Lipinski definition) is 2. The number of benzene rings is 1. The second kappa shape index (κ2) is 7.22. The first-order valence-corrected chi connectivity index (χ1v) is 7.02. The lowest BCUT2D eigenvalue weighted by Crippen LogP contribution is -2.50. The molecular formula is C16H25N3O2. The SMILES string of the molecule is Cc1ccccc1CN(C)CC(=O)NC(=O)NC(C)(C)C. The van der Waals surface area contributed by atoms with E-state index in [1.807, 2.05) is 63.9 Å². The predicted molar refractivity (Wildman–Crippen MR) is 83.9 cm³/mol. The van der Waals surface area contributed by atoms with Crippen LogP contribution in [0, 0.1) is 6.92 Å². The Bertz CT molecular complexity index is 506. The molecule has 1 aromatic rings. The fourth-order valence-electron chi connectivity index (χ4n) is 1.92. The van der Waals surface area contributed by atoms with Crippen molar-refractivity contribution in [2.75, 3.05) is 13.6 Å². The Morgan fingerprint density at radius 2 is 1.81 bits per heavy atom. The Morgan fingerprint density at radius 1 is 1.19 bits per heavy atom. The highest BCUT2D eigenvalue weighted by atomic mass is 16.2. The number of urea groups is 1. The summed E-state index contributed by atoms with van der Waals surface area (Å²) in [5.41, 5.74) is 2.00. The molecule has 0 aliphatic rings. The van der Waals surface area contributed by atoms with Gasteiger partial charge in [-0.15, -0.1) is 0 Å². The summed E-state index contributed by atoms with van der Waals surface area (Å²) in [6, 6.07) is 7.59. The van der Waals surface area contributed by atoms with Gasteiger partial charge in [0.15, 0.2) is 0 Å². The van der Waals surface area contributed by atoms with E-state index in [1.165, 1.54) is 11.1 Å². The molecule has 21 heavy (non-hydrogen) atoms. The lowest BCUT2D eigenvalue weighted by atomic mass is 10.1. The molecule has 5 nitrogen and oxygen atoms in total. The average molecular weight is 291 g/mol. The molecule has 2 N–H and O–H groups in total. The van der Waals surface area contributed by atoms with E-state index in [0.717, 1.165) is 0 Å². The summed E-state index contributed by atoms with van der Waals surface area (Å²) in [5, 5.41) is 5.03. The summed E-state index contributed by atoms with van der Waals surface area (Å²) >= 11 is 0. The Balaban J connectivity index is 2.44. The third-order valence-electron chi connectivity index (χ3n) is 2.86. The summed E-state index contributed by atoms with van der Waals surface area (Å²) in [7, 11) is 1.85. The van der Waals surface area contributed by atoms with Crippen LogP contribution in [-0.2, 0) is 11.3 Å². The number of amides is 3. The Morgan fingerprint density at radius 3 is 2.38 bits per heavy atom. The van der Waals surface area contributed by atoms with E-state index in [-0.39, 0.29) is 18.0 Å². The second-order valence-corrected chi connectivity index (χ2v) is 6.35. The van der Waals surface area contributed by atoms with Gasteiger partial charge in [-0.25, -0.2) is 4.79 Å². The van der Waals surface area contributed by atoms with Crippen LogP contribution in [0.3, 0.4) is 0 Å². The summed E-state index contributed by atoms with van der Waals surface area (Å²) in [5.74, 6) is -0.312. The Kier molecular flexibility index (Phi) is 5.90. The summed E-state index contributed by atoms with van der Waals surface area (Å²) in [6.45, 7) is 8.47.